The lowest BCUT2D eigenvalue weighted by atomic mass is 10.0. The number of ether oxygens (including phenoxy) is 1. The molecule has 5 rings (SSSR count). The lowest BCUT2D eigenvalue weighted by Gasteiger charge is -2.34. The third-order valence-electron chi connectivity index (χ3n) is 6.71. The molecule has 0 N–H and O–H groups in total. The fourth-order valence-electron chi connectivity index (χ4n) is 5.28. The molecule has 5 heteroatoms. The second-order valence-electron chi connectivity index (χ2n) is 8.49. The Hall–Kier alpha value is -1.85. The number of hydrogen-bond acceptors (Lipinski definition) is 3. The molecular formula is C21H27N3O2. The second-order valence-corrected chi connectivity index (χ2v) is 8.49. The van der Waals surface area contributed by atoms with Gasteiger partial charge in [0.2, 0.25) is 5.91 Å². The van der Waals surface area contributed by atoms with E-state index in [4.69, 9.17) is 4.74 Å². The van der Waals surface area contributed by atoms with Crippen LogP contribution in [0, 0.1) is 5.92 Å². The number of carbonyl (C=O) groups excluding carboxylic acids is 1. The van der Waals surface area contributed by atoms with Gasteiger partial charge in [-0.15, -0.1) is 0 Å². The molecule has 2 aromatic rings. The maximum atomic E-state index is 12.8. The molecule has 0 aliphatic carbocycles. The van der Waals surface area contributed by atoms with E-state index in [-0.39, 0.29) is 23.7 Å². The fraction of sp³-hybridized carbons (Fsp3) is 0.571. The number of benzene rings is 1. The largest absolute Gasteiger partial charge is 0.352 e. The highest BCUT2D eigenvalue weighted by Gasteiger charge is 2.64. The van der Waals surface area contributed by atoms with Crippen LogP contribution in [-0.4, -0.2) is 51.2 Å². The summed E-state index contributed by atoms with van der Waals surface area (Å²) in [6.07, 6.45) is 3.62. The minimum Gasteiger partial charge on any atom is -0.352 e. The lowest BCUT2D eigenvalue weighted by Crippen LogP contribution is -2.50. The average Bonchev–Trinajstić information content (AvgIpc) is 3.32. The number of aromatic nitrogens is 1. The number of carbonyl (C=O) groups is 1. The molecule has 3 atom stereocenters. The third kappa shape index (κ3) is 2.13. The Balaban J connectivity index is 1.42. The van der Waals surface area contributed by atoms with Crippen molar-refractivity contribution in [3.63, 3.8) is 0 Å². The maximum absolute atomic E-state index is 12.8. The molecule has 0 saturated carbocycles. The summed E-state index contributed by atoms with van der Waals surface area (Å²) in [6.45, 7) is 6.93. The topological polar surface area (TPSA) is 37.7 Å². The van der Waals surface area contributed by atoms with Crippen LogP contribution in [0.5, 0.6) is 0 Å². The first-order valence-electron chi connectivity index (χ1n) is 9.74. The van der Waals surface area contributed by atoms with Crippen molar-refractivity contribution in [1.29, 1.82) is 0 Å². The summed E-state index contributed by atoms with van der Waals surface area (Å²) < 4.78 is 8.50. The summed E-state index contributed by atoms with van der Waals surface area (Å²) in [7, 11) is 2.09. The van der Waals surface area contributed by atoms with E-state index in [1.54, 1.807) is 0 Å². The monoisotopic (exact) mass is 353 g/mol. The van der Waals surface area contributed by atoms with Crippen molar-refractivity contribution in [2.24, 2.45) is 13.0 Å². The second kappa shape index (κ2) is 5.57. The molecule has 3 aliphatic rings. The van der Waals surface area contributed by atoms with Gasteiger partial charge in [0.25, 0.3) is 0 Å². The Kier molecular flexibility index (Phi) is 3.50. The molecule has 3 saturated heterocycles. The molecule has 26 heavy (non-hydrogen) atoms. The Morgan fingerprint density at radius 3 is 2.96 bits per heavy atom. The van der Waals surface area contributed by atoms with E-state index in [2.05, 4.69) is 65.7 Å². The highest BCUT2D eigenvalue weighted by atomic mass is 16.5. The van der Waals surface area contributed by atoms with Crippen molar-refractivity contribution < 1.29 is 9.53 Å². The molecule has 1 aromatic heterocycles. The van der Waals surface area contributed by atoms with Crippen LogP contribution in [0.3, 0.4) is 0 Å². The van der Waals surface area contributed by atoms with Crippen molar-refractivity contribution >= 4 is 16.8 Å². The van der Waals surface area contributed by atoms with Crippen LogP contribution in [0.2, 0.25) is 0 Å². The van der Waals surface area contributed by atoms with Crippen molar-refractivity contribution in [2.75, 3.05) is 13.2 Å². The Morgan fingerprint density at radius 1 is 1.31 bits per heavy atom. The van der Waals surface area contributed by atoms with Gasteiger partial charge < -0.3 is 14.2 Å². The van der Waals surface area contributed by atoms with E-state index in [0.717, 1.165) is 19.5 Å². The van der Waals surface area contributed by atoms with Gasteiger partial charge in [0.1, 0.15) is 0 Å². The number of hydrogen-bond donors (Lipinski definition) is 0. The van der Waals surface area contributed by atoms with Crippen LogP contribution in [0.15, 0.2) is 30.5 Å². The van der Waals surface area contributed by atoms with Crippen molar-refractivity contribution in [3.05, 3.63) is 36.0 Å². The average molecular weight is 353 g/mol. The molecule has 0 radical (unpaired) electrons. The maximum Gasteiger partial charge on any atom is 0.226 e. The van der Waals surface area contributed by atoms with E-state index >= 15 is 0 Å². The van der Waals surface area contributed by atoms with Gasteiger partial charge in [-0.1, -0.05) is 26.0 Å². The molecule has 5 nitrogen and oxygen atoms in total. The highest BCUT2D eigenvalue weighted by molar-refractivity contribution is 5.82. The normalized spacial score (nSPS) is 31.4. The molecule has 3 fully saturated rings. The SMILES string of the molecule is CC(C)[C@@H]1CO[C@@]23CCN(Cc4ccc5ccn(C)c5c4)[C@@H]2CC(=O)N13. The highest BCUT2D eigenvalue weighted by Crippen LogP contribution is 2.49. The number of likely N-dealkylation sites (tertiary alicyclic amines) is 1. The van der Waals surface area contributed by atoms with Gasteiger partial charge in [0.15, 0.2) is 5.72 Å². The zero-order chi connectivity index (χ0) is 18.1. The Morgan fingerprint density at radius 2 is 2.15 bits per heavy atom. The van der Waals surface area contributed by atoms with Gasteiger partial charge in [0.05, 0.1) is 18.7 Å². The first-order chi connectivity index (χ1) is 12.5. The first-order valence-corrected chi connectivity index (χ1v) is 9.74. The van der Waals surface area contributed by atoms with E-state index < -0.39 is 0 Å². The van der Waals surface area contributed by atoms with Crippen LogP contribution in [0.25, 0.3) is 10.9 Å². The molecule has 3 aliphatic heterocycles. The zero-order valence-electron chi connectivity index (χ0n) is 15.8. The third-order valence-corrected chi connectivity index (χ3v) is 6.71. The smallest absolute Gasteiger partial charge is 0.226 e. The number of rotatable bonds is 3. The standard InChI is InChI=1S/C21H27N3O2/c1-14(2)18-13-26-21-7-9-23(19(21)11-20(25)24(18)21)12-15-4-5-16-6-8-22(3)17(16)10-15/h4-6,8,10,14,18-19H,7,9,11-13H2,1-3H3/t18-,19+,21-/m0/s1. The number of fused-ring (bicyclic) bond motifs is 1. The quantitative estimate of drug-likeness (QED) is 0.852. The van der Waals surface area contributed by atoms with Gasteiger partial charge >= 0.3 is 0 Å². The minimum atomic E-state index is -0.374. The van der Waals surface area contributed by atoms with Crippen LogP contribution < -0.4 is 0 Å². The molecule has 0 unspecified atom stereocenters. The summed E-state index contributed by atoms with van der Waals surface area (Å²) in [5, 5.41) is 1.27. The molecule has 1 spiro atoms. The molecule has 1 aromatic carbocycles. The Bertz CT molecular complexity index is 873. The molecular weight excluding hydrogens is 326 g/mol. The van der Waals surface area contributed by atoms with Gasteiger partial charge in [0, 0.05) is 44.7 Å². The number of amides is 1. The van der Waals surface area contributed by atoms with Gasteiger partial charge in [-0.2, -0.15) is 0 Å². The van der Waals surface area contributed by atoms with Crippen molar-refractivity contribution in [3.8, 4) is 0 Å². The van der Waals surface area contributed by atoms with E-state index in [9.17, 15) is 4.79 Å². The van der Waals surface area contributed by atoms with E-state index in [1.807, 2.05) is 0 Å². The van der Waals surface area contributed by atoms with Crippen LogP contribution in [0.1, 0.15) is 32.3 Å². The van der Waals surface area contributed by atoms with Crippen LogP contribution in [0.4, 0.5) is 0 Å². The van der Waals surface area contributed by atoms with E-state index in [0.29, 0.717) is 18.9 Å². The molecule has 0 bridgehead atoms. The van der Waals surface area contributed by atoms with Crippen molar-refractivity contribution in [1.82, 2.24) is 14.4 Å². The molecule has 1 amide bonds. The van der Waals surface area contributed by atoms with Crippen LogP contribution in [-0.2, 0) is 23.1 Å². The number of nitrogens with zero attached hydrogens (tertiary/aromatic N) is 3. The summed E-state index contributed by atoms with van der Waals surface area (Å²) in [6, 6.07) is 9.25. The van der Waals surface area contributed by atoms with Gasteiger partial charge in [-0.3, -0.25) is 9.69 Å². The molecule has 138 valence electrons. The fourth-order valence-corrected chi connectivity index (χ4v) is 5.28. The predicted molar refractivity (Wildman–Crippen MR) is 101 cm³/mol. The van der Waals surface area contributed by atoms with Gasteiger partial charge in [-0.25, -0.2) is 0 Å². The number of aryl methyl sites for hydroxylation is 1. The lowest BCUT2D eigenvalue weighted by molar-refractivity contribution is -0.139. The summed E-state index contributed by atoms with van der Waals surface area (Å²) in [5.41, 5.74) is 2.19. The van der Waals surface area contributed by atoms with Gasteiger partial charge in [-0.05, 0) is 29.0 Å². The zero-order valence-corrected chi connectivity index (χ0v) is 15.8. The first kappa shape index (κ1) is 16.3. The summed E-state index contributed by atoms with van der Waals surface area (Å²) >= 11 is 0. The molecule has 4 heterocycles. The van der Waals surface area contributed by atoms with E-state index in [1.165, 1.54) is 16.5 Å². The van der Waals surface area contributed by atoms with Crippen LogP contribution >= 0.6 is 0 Å². The predicted octanol–water partition coefficient (Wildman–Crippen LogP) is 2.74. The Labute approximate surface area is 154 Å². The summed E-state index contributed by atoms with van der Waals surface area (Å²) in [4.78, 5) is 17.3. The summed E-state index contributed by atoms with van der Waals surface area (Å²) in [5.74, 6) is 0.708. The van der Waals surface area contributed by atoms with Crippen molar-refractivity contribution in [2.45, 2.75) is 51.0 Å². The minimum absolute atomic E-state index is 0.183.